The smallest absolute Gasteiger partial charge is 0.228 e. The van der Waals surface area contributed by atoms with E-state index in [2.05, 4.69) is 4.72 Å². The van der Waals surface area contributed by atoms with Gasteiger partial charge in [-0.05, 0) is 6.42 Å². The van der Waals surface area contributed by atoms with E-state index in [1.165, 1.54) is 0 Å². The van der Waals surface area contributed by atoms with Crippen molar-refractivity contribution in [2.45, 2.75) is 24.7 Å². The van der Waals surface area contributed by atoms with E-state index in [1.54, 1.807) is 13.0 Å². The summed E-state index contributed by atoms with van der Waals surface area (Å²) < 4.78 is 24.6. The van der Waals surface area contributed by atoms with Crippen molar-refractivity contribution in [1.29, 1.82) is 5.26 Å². The summed E-state index contributed by atoms with van der Waals surface area (Å²) in [5.74, 6) is 0. The Kier molecular flexibility index (Phi) is 5.64. The summed E-state index contributed by atoms with van der Waals surface area (Å²) in [6.07, 6.45) is -0.956. The van der Waals surface area contributed by atoms with Crippen molar-refractivity contribution < 1.29 is 18.6 Å². The molecule has 0 fully saturated rings. The van der Waals surface area contributed by atoms with E-state index >= 15 is 0 Å². The van der Waals surface area contributed by atoms with Crippen LogP contribution in [0.1, 0.15) is 13.3 Å². The molecule has 0 heterocycles. The molecule has 6 nitrogen and oxygen atoms in total. The zero-order valence-electron chi connectivity index (χ0n) is 7.84. The van der Waals surface area contributed by atoms with E-state index < -0.39 is 28.0 Å². The zero-order valence-corrected chi connectivity index (χ0v) is 8.66. The molecule has 14 heavy (non-hydrogen) atoms. The molecule has 0 amide bonds. The highest BCUT2D eigenvalue weighted by atomic mass is 32.2. The lowest BCUT2D eigenvalue weighted by Crippen LogP contribution is -2.39. The van der Waals surface area contributed by atoms with Gasteiger partial charge in [-0.15, -0.1) is 0 Å². The minimum Gasteiger partial charge on any atom is -0.394 e. The second kappa shape index (κ2) is 5.93. The molecule has 82 valence electrons. The number of rotatable bonds is 6. The van der Waals surface area contributed by atoms with Crippen LogP contribution in [-0.2, 0) is 10.0 Å². The zero-order chi connectivity index (χ0) is 11.2. The molecular weight excluding hydrogens is 208 g/mol. The molecular formula is C7H14N2O4S. The summed E-state index contributed by atoms with van der Waals surface area (Å²) in [5, 5.41) is 24.7. The fraction of sp³-hybridized carbons (Fsp3) is 0.857. The molecule has 0 rings (SSSR count). The van der Waals surface area contributed by atoms with Gasteiger partial charge >= 0.3 is 0 Å². The number of aliphatic hydroxyl groups excluding tert-OH is 2. The Hall–Kier alpha value is -0.680. The third kappa shape index (κ3) is 4.02. The number of nitrogens with one attached hydrogen (secondary N) is 1. The van der Waals surface area contributed by atoms with Crippen LogP contribution < -0.4 is 4.72 Å². The highest BCUT2D eigenvalue weighted by Gasteiger charge is 2.23. The normalized spacial score (nSPS) is 15.9. The van der Waals surface area contributed by atoms with Gasteiger partial charge in [0.2, 0.25) is 10.0 Å². The lowest BCUT2D eigenvalue weighted by Gasteiger charge is -2.12. The van der Waals surface area contributed by atoms with E-state index in [0.717, 1.165) is 0 Å². The van der Waals surface area contributed by atoms with E-state index in [1.807, 2.05) is 0 Å². The number of hydrogen-bond donors (Lipinski definition) is 3. The first-order valence-electron chi connectivity index (χ1n) is 4.15. The van der Waals surface area contributed by atoms with E-state index in [0.29, 0.717) is 0 Å². The van der Waals surface area contributed by atoms with E-state index in [-0.39, 0.29) is 13.0 Å². The minimum atomic E-state index is -3.71. The molecule has 7 heteroatoms. The maximum absolute atomic E-state index is 11.3. The predicted molar refractivity (Wildman–Crippen MR) is 49.7 cm³/mol. The number of nitrogens with zero attached hydrogens (tertiary/aromatic N) is 1. The second-order valence-corrected chi connectivity index (χ2v) is 4.70. The van der Waals surface area contributed by atoms with E-state index in [4.69, 9.17) is 15.5 Å². The third-order valence-electron chi connectivity index (χ3n) is 1.62. The lowest BCUT2D eigenvalue weighted by molar-refractivity contribution is 0.0988. The van der Waals surface area contributed by atoms with Gasteiger partial charge in [0.05, 0.1) is 18.8 Å². The van der Waals surface area contributed by atoms with Gasteiger partial charge in [0, 0.05) is 6.54 Å². The molecule has 3 N–H and O–H groups in total. The van der Waals surface area contributed by atoms with Gasteiger partial charge in [-0.1, -0.05) is 6.92 Å². The van der Waals surface area contributed by atoms with Crippen molar-refractivity contribution in [2.24, 2.45) is 0 Å². The quantitative estimate of drug-likeness (QED) is 0.510. The van der Waals surface area contributed by atoms with Crippen molar-refractivity contribution >= 4 is 10.0 Å². The topological polar surface area (TPSA) is 110 Å². The Bertz CT molecular complexity index is 295. The van der Waals surface area contributed by atoms with Gasteiger partial charge in [0.1, 0.15) is 0 Å². The Morgan fingerprint density at radius 3 is 2.50 bits per heavy atom. The van der Waals surface area contributed by atoms with Crippen LogP contribution in [0.3, 0.4) is 0 Å². The fourth-order valence-corrected chi connectivity index (χ4v) is 1.96. The molecule has 2 atom stereocenters. The number of sulfonamides is 1. The molecule has 0 aromatic carbocycles. The first-order valence-corrected chi connectivity index (χ1v) is 5.69. The Balaban J connectivity index is 4.29. The molecule has 0 bridgehead atoms. The molecule has 0 saturated heterocycles. The van der Waals surface area contributed by atoms with Crippen molar-refractivity contribution in [3.8, 4) is 6.07 Å². The number of hydrogen-bond acceptors (Lipinski definition) is 5. The Labute approximate surface area is 83.2 Å². The van der Waals surface area contributed by atoms with Crippen LogP contribution in [0.2, 0.25) is 0 Å². The summed E-state index contributed by atoms with van der Waals surface area (Å²) in [6, 6.07) is 1.64. The third-order valence-corrected chi connectivity index (χ3v) is 3.38. The standard InChI is InChI=1S/C7H14N2O4S/c1-2-7(3-8)14(12,13)9-4-6(11)5-10/h6-7,9-11H,2,4-5H2,1H3. The summed E-state index contributed by atoms with van der Waals surface area (Å²) in [4.78, 5) is 0. The van der Waals surface area contributed by atoms with Crippen LogP contribution in [0.25, 0.3) is 0 Å². The SMILES string of the molecule is CCC(C#N)S(=O)(=O)NCC(O)CO. The first kappa shape index (κ1) is 13.3. The molecule has 0 aliphatic rings. The monoisotopic (exact) mass is 222 g/mol. The van der Waals surface area contributed by atoms with Crippen molar-refractivity contribution in [3.05, 3.63) is 0 Å². The van der Waals surface area contributed by atoms with Crippen LogP contribution in [0.15, 0.2) is 0 Å². The van der Waals surface area contributed by atoms with Gasteiger partial charge < -0.3 is 10.2 Å². The molecule has 0 aliphatic carbocycles. The molecule has 0 radical (unpaired) electrons. The maximum atomic E-state index is 11.3. The Morgan fingerprint density at radius 1 is 1.57 bits per heavy atom. The molecule has 2 unspecified atom stereocenters. The number of aliphatic hydroxyl groups is 2. The van der Waals surface area contributed by atoms with Crippen molar-refractivity contribution in [2.75, 3.05) is 13.2 Å². The van der Waals surface area contributed by atoms with Gasteiger partial charge in [-0.3, -0.25) is 0 Å². The molecule has 0 aromatic heterocycles. The molecule has 0 saturated carbocycles. The van der Waals surface area contributed by atoms with Gasteiger partial charge in [0.25, 0.3) is 0 Å². The van der Waals surface area contributed by atoms with Crippen LogP contribution in [0.5, 0.6) is 0 Å². The average molecular weight is 222 g/mol. The van der Waals surface area contributed by atoms with Gasteiger partial charge in [-0.25, -0.2) is 13.1 Å². The van der Waals surface area contributed by atoms with Crippen molar-refractivity contribution in [1.82, 2.24) is 4.72 Å². The summed E-state index contributed by atoms with van der Waals surface area (Å²) in [7, 11) is -3.71. The largest absolute Gasteiger partial charge is 0.394 e. The average Bonchev–Trinajstić information content (AvgIpc) is 2.15. The number of nitriles is 1. The first-order chi connectivity index (χ1) is 6.47. The van der Waals surface area contributed by atoms with Crippen LogP contribution in [0.4, 0.5) is 0 Å². The van der Waals surface area contributed by atoms with Crippen LogP contribution in [-0.4, -0.2) is 43.1 Å². The summed E-state index contributed by atoms with van der Waals surface area (Å²) in [6.45, 7) is 0.776. The molecule has 0 spiro atoms. The maximum Gasteiger partial charge on any atom is 0.228 e. The highest BCUT2D eigenvalue weighted by molar-refractivity contribution is 7.90. The summed E-state index contributed by atoms with van der Waals surface area (Å²) >= 11 is 0. The van der Waals surface area contributed by atoms with Crippen LogP contribution >= 0.6 is 0 Å². The van der Waals surface area contributed by atoms with Crippen molar-refractivity contribution in [3.63, 3.8) is 0 Å². The molecule has 0 aromatic rings. The summed E-state index contributed by atoms with van der Waals surface area (Å²) in [5.41, 5.74) is 0. The minimum absolute atomic E-state index is 0.182. The fourth-order valence-electron chi connectivity index (χ4n) is 0.758. The van der Waals surface area contributed by atoms with E-state index in [9.17, 15) is 8.42 Å². The van der Waals surface area contributed by atoms with Gasteiger partial charge in [0.15, 0.2) is 5.25 Å². The van der Waals surface area contributed by atoms with Gasteiger partial charge in [-0.2, -0.15) is 5.26 Å². The molecule has 0 aliphatic heterocycles. The highest BCUT2D eigenvalue weighted by Crippen LogP contribution is 2.02. The van der Waals surface area contributed by atoms with Crippen LogP contribution in [0, 0.1) is 11.3 Å². The Morgan fingerprint density at radius 2 is 2.14 bits per heavy atom. The second-order valence-electron chi connectivity index (χ2n) is 2.76. The lowest BCUT2D eigenvalue weighted by atomic mass is 10.4. The predicted octanol–water partition coefficient (Wildman–Crippen LogP) is -1.44.